The molecule has 0 bridgehead atoms. The summed E-state index contributed by atoms with van der Waals surface area (Å²) in [5.41, 5.74) is -0.135. The van der Waals surface area contributed by atoms with Crippen LogP contribution >= 0.6 is 15.9 Å². The number of benzene rings is 1. The summed E-state index contributed by atoms with van der Waals surface area (Å²) in [5.74, 6) is -1.40. The molecule has 0 aliphatic rings. The largest absolute Gasteiger partial charge is 0.490 e. The molecule has 0 radical (unpaired) electrons. The normalized spacial score (nSPS) is 9.87. The van der Waals surface area contributed by atoms with E-state index in [1.54, 1.807) is 13.0 Å². The molecule has 0 amide bonds. The third kappa shape index (κ3) is 2.47. The van der Waals surface area contributed by atoms with E-state index in [2.05, 4.69) is 20.7 Å². The van der Waals surface area contributed by atoms with Gasteiger partial charge < -0.3 is 9.47 Å². The summed E-state index contributed by atoms with van der Waals surface area (Å²) in [4.78, 5) is 11.2. The highest BCUT2D eigenvalue weighted by atomic mass is 79.9. The number of carbonyl (C=O) groups is 1. The molecule has 0 fully saturated rings. The van der Waals surface area contributed by atoms with Crippen LogP contribution in [-0.2, 0) is 4.74 Å². The van der Waals surface area contributed by atoms with E-state index in [4.69, 9.17) is 4.74 Å². The van der Waals surface area contributed by atoms with Gasteiger partial charge in [0.1, 0.15) is 0 Å². The molecule has 0 atom stereocenters. The van der Waals surface area contributed by atoms with Crippen molar-refractivity contribution in [2.45, 2.75) is 6.92 Å². The number of methoxy groups -OCH3 is 1. The van der Waals surface area contributed by atoms with Gasteiger partial charge in [0.2, 0.25) is 0 Å². The van der Waals surface area contributed by atoms with Gasteiger partial charge in [-0.05, 0) is 35.0 Å². The van der Waals surface area contributed by atoms with Crippen molar-refractivity contribution >= 4 is 21.9 Å². The van der Waals surface area contributed by atoms with Crippen LogP contribution in [0.25, 0.3) is 0 Å². The lowest BCUT2D eigenvalue weighted by Crippen LogP contribution is -2.07. The van der Waals surface area contributed by atoms with Crippen molar-refractivity contribution in [3.05, 3.63) is 28.0 Å². The maximum absolute atomic E-state index is 13.7. The average Bonchev–Trinajstić information content (AvgIpc) is 2.23. The fraction of sp³-hybridized carbons (Fsp3) is 0.300. The first-order chi connectivity index (χ1) is 7.11. The molecule has 15 heavy (non-hydrogen) atoms. The predicted octanol–water partition coefficient (Wildman–Crippen LogP) is 2.77. The average molecular weight is 277 g/mol. The van der Waals surface area contributed by atoms with Gasteiger partial charge in [-0.1, -0.05) is 0 Å². The molecule has 1 rings (SSSR count). The first-order valence-corrected chi connectivity index (χ1v) is 5.10. The van der Waals surface area contributed by atoms with Crippen molar-refractivity contribution < 1.29 is 18.7 Å². The number of esters is 1. The van der Waals surface area contributed by atoms with Crippen LogP contribution in [0.2, 0.25) is 0 Å². The summed E-state index contributed by atoms with van der Waals surface area (Å²) in [6.07, 6.45) is 0. The van der Waals surface area contributed by atoms with Crippen molar-refractivity contribution in [1.29, 1.82) is 0 Å². The molecule has 0 saturated heterocycles. The lowest BCUT2D eigenvalue weighted by atomic mass is 10.2. The Bertz CT molecular complexity index is 379. The number of hydrogen-bond donors (Lipinski definition) is 0. The maximum atomic E-state index is 13.7. The summed E-state index contributed by atoms with van der Waals surface area (Å²) in [6, 6.07) is 2.88. The second-order valence-electron chi connectivity index (χ2n) is 2.66. The van der Waals surface area contributed by atoms with E-state index in [9.17, 15) is 9.18 Å². The minimum atomic E-state index is -0.721. The Morgan fingerprint density at radius 3 is 2.73 bits per heavy atom. The summed E-state index contributed by atoms with van der Waals surface area (Å²) in [5, 5.41) is 0. The van der Waals surface area contributed by atoms with Gasteiger partial charge in [-0.25, -0.2) is 9.18 Å². The highest BCUT2D eigenvalue weighted by molar-refractivity contribution is 9.10. The minimum Gasteiger partial charge on any atom is -0.490 e. The summed E-state index contributed by atoms with van der Waals surface area (Å²) < 4.78 is 23.7. The zero-order valence-electron chi connectivity index (χ0n) is 8.34. The fourth-order valence-electron chi connectivity index (χ4n) is 1.08. The second kappa shape index (κ2) is 5.11. The number of carbonyl (C=O) groups excluding carboxylic acids is 1. The molecule has 5 heteroatoms. The monoisotopic (exact) mass is 276 g/mol. The molecule has 0 N–H and O–H groups in total. The van der Waals surface area contributed by atoms with Gasteiger partial charge in [0.15, 0.2) is 11.6 Å². The molecule has 0 spiro atoms. The molecule has 0 heterocycles. The van der Waals surface area contributed by atoms with Crippen LogP contribution in [0.4, 0.5) is 4.39 Å². The first-order valence-electron chi connectivity index (χ1n) is 4.31. The van der Waals surface area contributed by atoms with Crippen molar-refractivity contribution in [1.82, 2.24) is 0 Å². The highest BCUT2D eigenvalue weighted by Crippen LogP contribution is 2.30. The second-order valence-corrected chi connectivity index (χ2v) is 3.52. The van der Waals surface area contributed by atoms with Gasteiger partial charge in [0.05, 0.1) is 23.8 Å². The SMILES string of the molecule is CCOc1c(Br)ccc(C(=O)OC)c1F. The molecular weight excluding hydrogens is 267 g/mol. The van der Waals surface area contributed by atoms with Gasteiger partial charge in [-0.3, -0.25) is 0 Å². The van der Waals surface area contributed by atoms with Crippen molar-refractivity contribution in [3.8, 4) is 5.75 Å². The van der Waals surface area contributed by atoms with E-state index < -0.39 is 11.8 Å². The van der Waals surface area contributed by atoms with Crippen LogP contribution in [0.15, 0.2) is 16.6 Å². The molecule has 1 aromatic rings. The Morgan fingerprint density at radius 1 is 1.53 bits per heavy atom. The fourth-order valence-corrected chi connectivity index (χ4v) is 1.50. The highest BCUT2D eigenvalue weighted by Gasteiger charge is 2.18. The minimum absolute atomic E-state index is 0.0281. The molecule has 0 aliphatic carbocycles. The molecular formula is C10H10BrFO3. The van der Waals surface area contributed by atoms with Crippen LogP contribution in [0, 0.1) is 5.82 Å². The molecule has 0 aromatic heterocycles. The Kier molecular flexibility index (Phi) is 4.08. The van der Waals surface area contributed by atoms with Gasteiger partial charge in [-0.2, -0.15) is 0 Å². The van der Waals surface area contributed by atoms with E-state index >= 15 is 0 Å². The smallest absolute Gasteiger partial charge is 0.340 e. The first kappa shape index (κ1) is 12.0. The predicted molar refractivity (Wildman–Crippen MR) is 56.6 cm³/mol. The topological polar surface area (TPSA) is 35.5 Å². The molecule has 0 saturated carbocycles. The van der Waals surface area contributed by atoms with Crippen LogP contribution in [0.1, 0.15) is 17.3 Å². The van der Waals surface area contributed by atoms with E-state index in [1.165, 1.54) is 13.2 Å². The third-order valence-electron chi connectivity index (χ3n) is 1.74. The van der Waals surface area contributed by atoms with Crippen molar-refractivity contribution in [3.63, 3.8) is 0 Å². The van der Waals surface area contributed by atoms with Crippen molar-refractivity contribution in [2.75, 3.05) is 13.7 Å². The Morgan fingerprint density at radius 2 is 2.20 bits per heavy atom. The lowest BCUT2D eigenvalue weighted by Gasteiger charge is -2.09. The Labute approximate surface area is 95.3 Å². The van der Waals surface area contributed by atoms with E-state index in [1.807, 2.05) is 0 Å². The molecule has 3 nitrogen and oxygen atoms in total. The van der Waals surface area contributed by atoms with Crippen LogP contribution in [0.3, 0.4) is 0 Å². The maximum Gasteiger partial charge on any atom is 0.340 e. The van der Waals surface area contributed by atoms with E-state index in [-0.39, 0.29) is 11.3 Å². The molecule has 82 valence electrons. The number of ether oxygens (including phenoxy) is 2. The van der Waals surface area contributed by atoms with Crippen molar-refractivity contribution in [2.24, 2.45) is 0 Å². The zero-order valence-corrected chi connectivity index (χ0v) is 9.93. The number of hydrogen-bond acceptors (Lipinski definition) is 3. The van der Waals surface area contributed by atoms with Gasteiger partial charge >= 0.3 is 5.97 Å². The zero-order chi connectivity index (χ0) is 11.4. The summed E-state index contributed by atoms with van der Waals surface area (Å²) in [7, 11) is 1.20. The summed E-state index contributed by atoms with van der Waals surface area (Å²) in [6.45, 7) is 2.05. The Balaban J connectivity index is 3.21. The number of halogens is 2. The van der Waals surface area contributed by atoms with Gasteiger partial charge in [-0.15, -0.1) is 0 Å². The standard InChI is InChI=1S/C10H10BrFO3/c1-3-15-9-7(11)5-4-6(8(9)12)10(13)14-2/h4-5H,3H2,1-2H3. The third-order valence-corrected chi connectivity index (χ3v) is 2.37. The Hall–Kier alpha value is -1.10. The molecule has 1 aromatic carbocycles. The molecule has 0 unspecified atom stereocenters. The summed E-state index contributed by atoms with van der Waals surface area (Å²) >= 11 is 3.14. The van der Waals surface area contributed by atoms with E-state index in [0.29, 0.717) is 11.1 Å². The van der Waals surface area contributed by atoms with Gasteiger partial charge in [0.25, 0.3) is 0 Å². The van der Waals surface area contributed by atoms with Crippen LogP contribution < -0.4 is 4.74 Å². The molecule has 0 aliphatic heterocycles. The number of rotatable bonds is 3. The van der Waals surface area contributed by atoms with E-state index in [0.717, 1.165) is 0 Å². The lowest BCUT2D eigenvalue weighted by molar-refractivity contribution is 0.0594. The van der Waals surface area contributed by atoms with Crippen LogP contribution in [0.5, 0.6) is 5.75 Å². The van der Waals surface area contributed by atoms with Crippen LogP contribution in [-0.4, -0.2) is 19.7 Å². The van der Waals surface area contributed by atoms with Gasteiger partial charge in [0, 0.05) is 0 Å². The quantitative estimate of drug-likeness (QED) is 0.797.